The number of nitrogens with zero attached hydrogens (tertiary/aromatic N) is 1. The van der Waals surface area contributed by atoms with Crippen molar-refractivity contribution in [1.82, 2.24) is 9.62 Å². The van der Waals surface area contributed by atoms with Crippen molar-refractivity contribution in [3.63, 3.8) is 0 Å². The SMILES string of the molecule is CCC(C)(C)NC(=O)c1ccc(S(=O)(=O)N2C[C@@H](C)O[C@@H](C)C2)cc1. The molecule has 1 aromatic rings. The Morgan fingerprint density at radius 2 is 1.72 bits per heavy atom. The fraction of sp³-hybridized carbons (Fsp3) is 0.611. The number of ether oxygens (including phenoxy) is 1. The topological polar surface area (TPSA) is 75.7 Å². The number of nitrogens with one attached hydrogen (secondary N) is 1. The maximum atomic E-state index is 12.8. The van der Waals surface area contributed by atoms with Gasteiger partial charge in [0, 0.05) is 24.2 Å². The molecule has 1 heterocycles. The van der Waals surface area contributed by atoms with Gasteiger partial charge >= 0.3 is 0 Å². The number of rotatable bonds is 5. The monoisotopic (exact) mass is 368 g/mol. The Bertz CT molecular complexity index is 703. The summed E-state index contributed by atoms with van der Waals surface area (Å²) in [5, 5.41) is 2.94. The summed E-state index contributed by atoms with van der Waals surface area (Å²) < 4.78 is 32.7. The van der Waals surface area contributed by atoms with Gasteiger partial charge in [-0.3, -0.25) is 4.79 Å². The van der Waals surface area contributed by atoms with Crippen LogP contribution in [0.4, 0.5) is 0 Å². The Morgan fingerprint density at radius 3 is 2.20 bits per heavy atom. The van der Waals surface area contributed by atoms with Gasteiger partial charge < -0.3 is 10.1 Å². The molecule has 1 N–H and O–H groups in total. The first-order valence-electron chi connectivity index (χ1n) is 8.63. The minimum Gasteiger partial charge on any atom is -0.373 e. The minimum absolute atomic E-state index is 0.139. The molecule has 7 heteroatoms. The zero-order chi connectivity index (χ0) is 18.8. The average molecular weight is 368 g/mol. The Kier molecular flexibility index (Phi) is 5.91. The van der Waals surface area contributed by atoms with E-state index in [4.69, 9.17) is 4.74 Å². The molecule has 1 aromatic carbocycles. The lowest BCUT2D eigenvalue weighted by atomic mass is 10.0. The van der Waals surface area contributed by atoms with Crippen molar-refractivity contribution in [2.45, 2.75) is 63.7 Å². The first kappa shape index (κ1) is 19.9. The van der Waals surface area contributed by atoms with E-state index in [1.807, 2.05) is 34.6 Å². The predicted molar refractivity (Wildman–Crippen MR) is 97.0 cm³/mol. The molecular formula is C18H28N2O4S. The molecule has 0 bridgehead atoms. The number of carbonyl (C=O) groups excluding carboxylic acids is 1. The van der Waals surface area contributed by atoms with E-state index in [2.05, 4.69) is 5.32 Å². The lowest BCUT2D eigenvalue weighted by molar-refractivity contribution is -0.0440. The van der Waals surface area contributed by atoms with Gasteiger partial charge in [0.25, 0.3) is 5.91 Å². The highest BCUT2D eigenvalue weighted by Gasteiger charge is 2.32. The van der Waals surface area contributed by atoms with Crippen LogP contribution in [0.25, 0.3) is 0 Å². The molecule has 0 radical (unpaired) electrons. The van der Waals surface area contributed by atoms with E-state index in [-0.39, 0.29) is 28.5 Å². The standard InChI is InChI=1S/C18H28N2O4S/c1-6-18(4,5)19-17(21)15-7-9-16(10-8-15)25(22,23)20-11-13(2)24-14(3)12-20/h7-10,13-14H,6,11-12H2,1-5H3,(H,19,21)/t13-,14+. The van der Waals surface area contributed by atoms with Crippen LogP contribution in [-0.2, 0) is 14.8 Å². The number of morpholine rings is 1. The highest BCUT2D eigenvalue weighted by molar-refractivity contribution is 7.89. The van der Waals surface area contributed by atoms with Gasteiger partial charge in [-0.2, -0.15) is 4.31 Å². The summed E-state index contributed by atoms with van der Waals surface area (Å²) in [6.45, 7) is 10.3. The third-order valence-corrected chi connectivity index (χ3v) is 6.32. The number of benzene rings is 1. The molecule has 140 valence electrons. The maximum Gasteiger partial charge on any atom is 0.251 e. The van der Waals surface area contributed by atoms with Crippen molar-refractivity contribution in [1.29, 1.82) is 0 Å². The lowest BCUT2D eigenvalue weighted by Gasteiger charge is -2.34. The summed E-state index contributed by atoms with van der Waals surface area (Å²) in [5.74, 6) is -0.204. The van der Waals surface area contributed by atoms with E-state index >= 15 is 0 Å². The van der Waals surface area contributed by atoms with Gasteiger partial charge in [-0.15, -0.1) is 0 Å². The summed E-state index contributed by atoms with van der Waals surface area (Å²) in [6.07, 6.45) is 0.526. The van der Waals surface area contributed by atoms with E-state index < -0.39 is 10.0 Å². The van der Waals surface area contributed by atoms with Crippen molar-refractivity contribution in [2.24, 2.45) is 0 Å². The average Bonchev–Trinajstić information content (AvgIpc) is 2.53. The highest BCUT2D eigenvalue weighted by atomic mass is 32.2. The van der Waals surface area contributed by atoms with Crippen molar-refractivity contribution >= 4 is 15.9 Å². The Labute approximate surface area is 150 Å². The zero-order valence-corrected chi connectivity index (χ0v) is 16.4. The van der Waals surface area contributed by atoms with Crippen molar-refractivity contribution < 1.29 is 17.9 Å². The summed E-state index contributed by atoms with van der Waals surface area (Å²) >= 11 is 0. The summed E-state index contributed by atoms with van der Waals surface area (Å²) in [7, 11) is -3.59. The molecule has 2 atom stereocenters. The van der Waals surface area contributed by atoms with Crippen molar-refractivity contribution in [3.8, 4) is 0 Å². The number of amides is 1. The third-order valence-electron chi connectivity index (χ3n) is 4.48. The van der Waals surface area contributed by atoms with E-state index in [1.54, 1.807) is 12.1 Å². The molecule has 25 heavy (non-hydrogen) atoms. The van der Waals surface area contributed by atoms with E-state index in [9.17, 15) is 13.2 Å². The summed E-state index contributed by atoms with van der Waals surface area (Å²) in [5.41, 5.74) is 0.145. The molecule has 1 aliphatic heterocycles. The molecule has 2 rings (SSSR count). The number of carbonyl (C=O) groups is 1. The van der Waals surface area contributed by atoms with Crippen LogP contribution in [0, 0.1) is 0 Å². The second kappa shape index (κ2) is 7.43. The maximum absolute atomic E-state index is 12.8. The summed E-state index contributed by atoms with van der Waals surface area (Å²) in [4.78, 5) is 12.5. The fourth-order valence-electron chi connectivity index (χ4n) is 2.72. The normalized spacial score (nSPS) is 22.6. The van der Waals surface area contributed by atoms with Crippen LogP contribution >= 0.6 is 0 Å². The Balaban J connectivity index is 2.17. The Morgan fingerprint density at radius 1 is 1.20 bits per heavy atom. The van der Waals surface area contributed by atoms with Crippen LogP contribution in [0.3, 0.4) is 0 Å². The molecule has 6 nitrogen and oxygen atoms in total. The number of hydrogen-bond donors (Lipinski definition) is 1. The lowest BCUT2D eigenvalue weighted by Crippen LogP contribution is -2.48. The second-order valence-corrected chi connectivity index (χ2v) is 9.23. The molecule has 0 aliphatic carbocycles. The van der Waals surface area contributed by atoms with Gasteiger partial charge in [-0.25, -0.2) is 8.42 Å². The quantitative estimate of drug-likeness (QED) is 0.866. The van der Waals surface area contributed by atoms with Crippen molar-refractivity contribution in [2.75, 3.05) is 13.1 Å². The Hall–Kier alpha value is -1.44. The van der Waals surface area contributed by atoms with Crippen LogP contribution in [0.5, 0.6) is 0 Å². The largest absolute Gasteiger partial charge is 0.373 e. The van der Waals surface area contributed by atoms with E-state index in [1.165, 1.54) is 16.4 Å². The van der Waals surface area contributed by atoms with E-state index in [0.29, 0.717) is 18.7 Å². The van der Waals surface area contributed by atoms with Crippen LogP contribution in [0.15, 0.2) is 29.2 Å². The third kappa shape index (κ3) is 4.80. The van der Waals surface area contributed by atoms with Gasteiger partial charge in [0.1, 0.15) is 0 Å². The first-order valence-corrected chi connectivity index (χ1v) is 10.1. The summed E-state index contributed by atoms with van der Waals surface area (Å²) in [6, 6.07) is 6.10. The number of hydrogen-bond acceptors (Lipinski definition) is 4. The first-order chi connectivity index (χ1) is 11.5. The molecule has 1 saturated heterocycles. The second-order valence-electron chi connectivity index (χ2n) is 7.30. The molecule has 0 aromatic heterocycles. The molecule has 0 unspecified atom stereocenters. The molecular weight excluding hydrogens is 340 g/mol. The van der Waals surface area contributed by atoms with Crippen LogP contribution < -0.4 is 5.32 Å². The zero-order valence-electron chi connectivity index (χ0n) is 15.6. The van der Waals surface area contributed by atoms with Gasteiger partial charge in [-0.1, -0.05) is 6.92 Å². The van der Waals surface area contributed by atoms with Gasteiger partial charge in [0.15, 0.2) is 0 Å². The smallest absolute Gasteiger partial charge is 0.251 e. The molecule has 1 aliphatic rings. The predicted octanol–water partition coefficient (Wildman–Crippen LogP) is 2.40. The van der Waals surface area contributed by atoms with Gasteiger partial charge in [-0.05, 0) is 58.4 Å². The van der Waals surface area contributed by atoms with Crippen molar-refractivity contribution in [3.05, 3.63) is 29.8 Å². The number of sulfonamides is 1. The molecule has 0 spiro atoms. The van der Waals surface area contributed by atoms with Gasteiger partial charge in [0.2, 0.25) is 10.0 Å². The molecule has 1 amide bonds. The fourth-order valence-corrected chi connectivity index (χ4v) is 4.31. The van der Waals surface area contributed by atoms with E-state index in [0.717, 1.165) is 6.42 Å². The van der Waals surface area contributed by atoms with Crippen LogP contribution in [0.2, 0.25) is 0 Å². The molecule has 0 saturated carbocycles. The molecule has 1 fully saturated rings. The van der Waals surface area contributed by atoms with Crippen LogP contribution in [0.1, 0.15) is 51.4 Å². The van der Waals surface area contributed by atoms with Crippen LogP contribution in [-0.4, -0.2) is 49.5 Å². The minimum atomic E-state index is -3.59. The highest BCUT2D eigenvalue weighted by Crippen LogP contribution is 2.21. The van der Waals surface area contributed by atoms with Gasteiger partial charge in [0.05, 0.1) is 17.1 Å².